The predicted octanol–water partition coefficient (Wildman–Crippen LogP) is 3.09. The van der Waals surface area contributed by atoms with Crippen LogP contribution in [0.4, 0.5) is 0 Å². The minimum Gasteiger partial charge on any atom is -0.306 e. The molecule has 0 saturated carbocycles. The normalized spacial score (nSPS) is 11.7. The second kappa shape index (κ2) is 4.94. The average molecular weight is 247 g/mol. The monoisotopic (exact) mass is 247 g/mol. The maximum Gasteiger partial charge on any atom is 0.160 e. The van der Waals surface area contributed by atoms with Gasteiger partial charge in [-0.25, -0.2) is 9.97 Å². The van der Waals surface area contributed by atoms with Gasteiger partial charge in [-0.05, 0) is 38.3 Å². The Morgan fingerprint density at radius 3 is 2.76 bits per heavy atom. The molecule has 1 N–H and O–H groups in total. The molecular weight excluding hydrogens is 230 g/mol. The molecule has 0 aliphatic rings. The molecule has 0 atom stereocenters. The molecule has 0 radical (unpaired) electrons. The van der Waals surface area contributed by atoms with Crippen LogP contribution in [-0.2, 0) is 6.54 Å². The average Bonchev–Trinajstić information content (AvgIpc) is 2.79. The second-order valence-corrected chi connectivity index (χ2v) is 5.77. The SMILES string of the molecule is CC(C)(C)NCc1ccnc(-c2ccsc2)n1. The van der Waals surface area contributed by atoms with Crippen LogP contribution in [0.2, 0.25) is 0 Å². The molecule has 0 aliphatic heterocycles. The first kappa shape index (κ1) is 12.2. The van der Waals surface area contributed by atoms with E-state index in [2.05, 4.69) is 41.4 Å². The third kappa shape index (κ3) is 3.61. The standard InChI is InChI=1S/C13H17N3S/c1-13(2,3)15-8-11-4-6-14-12(16-11)10-5-7-17-9-10/h4-7,9,15H,8H2,1-3H3. The molecule has 90 valence electrons. The summed E-state index contributed by atoms with van der Waals surface area (Å²) in [6.07, 6.45) is 1.82. The van der Waals surface area contributed by atoms with Crippen molar-refractivity contribution in [3.8, 4) is 11.4 Å². The van der Waals surface area contributed by atoms with Crippen molar-refractivity contribution in [3.05, 3.63) is 34.8 Å². The fraction of sp³-hybridized carbons (Fsp3) is 0.385. The molecule has 0 fully saturated rings. The van der Waals surface area contributed by atoms with Crippen molar-refractivity contribution in [3.63, 3.8) is 0 Å². The Balaban J connectivity index is 2.12. The fourth-order valence-electron chi connectivity index (χ4n) is 1.38. The van der Waals surface area contributed by atoms with Gasteiger partial charge in [0.2, 0.25) is 0 Å². The van der Waals surface area contributed by atoms with E-state index in [1.165, 1.54) is 0 Å². The van der Waals surface area contributed by atoms with E-state index < -0.39 is 0 Å². The van der Waals surface area contributed by atoms with Crippen LogP contribution in [0.15, 0.2) is 29.1 Å². The number of rotatable bonds is 3. The Morgan fingerprint density at radius 1 is 1.29 bits per heavy atom. The van der Waals surface area contributed by atoms with Crippen molar-refractivity contribution in [1.29, 1.82) is 0 Å². The Hall–Kier alpha value is -1.26. The molecule has 0 aliphatic carbocycles. The van der Waals surface area contributed by atoms with E-state index in [4.69, 9.17) is 0 Å². The summed E-state index contributed by atoms with van der Waals surface area (Å²) in [7, 11) is 0. The molecule has 0 unspecified atom stereocenters. The Morgan fingerprint density at radius 2 is 2.12 bits per heavy atom. The van der Waals surface area contributed by atoms with Crippen LogP contribution in [0.3, 0.4) is 0 Å². The van der Waals surface area contributed by atoms with E-state index in [9.17, 15) is 0 Å². The van der Waals surface area contributed by atoms with Crippen LogP contribution in [0.25, 0.3) is 11.4 Å². The molecular formula is C13H17N3S. The van der Waals surface area contributed by atoms with Crippen molar-refractivity contribution >= 4 is 11.3 Å². The summed E-state index contributed by atoms with van der Waals surface area (Å²) in [5.74, 6) is 0.805. The van der Waals surface area contributed by atoms with Crippen molar-refractivity contribution in [2.75, 3.05) is 0 Å². The van der Waals surface area contributed by atoms with Crippen LogP contribution in [0.5, 0.6) is 0 Å². The highest BCUT2D eigenvalue weighted by Gasteiger charge is 2.09. The first-order valence-corrected chi connectivity index (χ1v) is 6.58. The van der Waals surface area contributed by atoms with Gasteiger partial charge in [0.15, 0.2) is 5.82 Å². The van der Waals surface area contributed by atoms with E-state index in [-0.39, 0.29) is 5.54 Å². The third-order valence-electron chi connectivity index (χ3n) is 2.29. The van der Waals surface area contributed by atoms with Gasteiger partial charge in [-0.1, -0.05) is 0 Å². The lowest BCUT2D eigenvalue weighted by Gasteiger charge is -2.20. The number of nitrogens with one attached hydrogen (secondary N) is 1. The Kier molecular flexibility index (Phi) is 3.54. The third-order valence-corrected chi connectivity index (χ3v) is 2.98. The van der Waals surface area contributed by atoms with Gasteiger partial charge in [0.05, 0.1) is 5.69 Å². The summed E-state index contributed by atoms with van der Waals surface area (Å²) < 4.78 is 0. The lowest BCUT2D eigenvalue weighted by molar-refractivity contribution is 0.421. The molecule has 17 heavy (non-hydrogen) atoms. The number of hydrogen-bond acceptors (Lipinski definition) is 4. The van der Waals surface area contributed by atoms with Crippen LogP contribution in [-0.4, -0.2) is 15.5 Å². The zero-order valence-electron chi connectivity index (χ0n) is 10.4. The summed E-state index contributed by atoms with van der Waals surface area (Å²) in [6.45, 7) is 7.21. The highest BCUT2D eigenvalue weighted by atomic mass is 32.1. The van der Waals surface area contributed by atoms with Crippen molar-refractivity contribution in [2.45, 2.75) is 32.9 Å². The lowest BCUT2D eigenvalue weighted by atomic mass is 10.1. The highest BCUT2D eigenvalue weighted by Crippen LogP contribution is 2.17. The minimum atomic E-state index is 0.105. The van der Waals surface area contributed by atoms with E-state index in [0.29, 0.717) is 0 Å². The molecule has 0 aromatic carbocycles. The van der Waals surface area contributed by atoms with E-state index in [1.54, 1.807) is 11.3 Å². The zero-order valence-corrected chi connectivity index (χ0v) is 11.2. The number of hydrogen-bond donors (Lipinski definition) is 1. The first-order valence-electron chi connectivity index (χ1n) is 5.64. The van der Waals surface area contributed by atoms with Crippen LogP contribution >= 0.6 is 11.3 Å². The van der Waals surface area contributed by atoms with Crippen LogP contribution in [0.1, 0.15) is 26.5 Å². The second-order valence-electron chi connectivity index (χ2n) is 4.99. The molecule has 2 aromatic heterocycles. The minimum absolute atomic E-state index is 0.105. The molecule has 0 saturated heterocycles. The molecule has 0 spiro atoms. The topological polar surface area (TPSA) is 37.8 Å². The fourth-order valence-corrected chi connectivity index (χ4v) is 2.02. The number of thiophene rings is 1. The van der Waals surface area contributed by atoms with Crippen molar-refractivity contribution in [2.24, 2.45) is 0 Å². The summed E-state index contributed by atoms with van der Waals surface area (Å²) >= 11 is 1.66. The maximum absolute atomic E-state index is 4.55. The quantitative estimate of drug-likeness (QED) is 0.905. The summed E-state index contributed by atoms with van der Waals surface area (Å²) in [5.41, 5.74) is 2.22. The van der Waals surface area contributed by atoms with Crippen molar-refractivity contribution < 1.29 is 0 Å². The molecule has 0 amide bonds. The van der Waals surface area contributed by atoms with Gasteiger partial charge in [-0.2, -0.15) is 11.3 Å². The van der Waals surface area contributed by atoms with Gasteiger partial charge >= 0.3 is 0 Å². The molecule has 2 aromatic rings. The number of aromatic nitrogens is 2. The van der Waals surface area contributed by atoms with E-state index in [0.717, 1.165) is 23.6 Å². The largest absolute Gasteiger partial charge is 0.306 e. The van der Waals surface area contributed by atoms with Gasteiger partial charge in [0.1, 0.15) is 0 Å². The predicted molar refractivity (Wildman–Crippen MR) is 71.9 cm³/mol. The van der Waals surface area contributed by atoms with Crippen LogP contribution in [0, 0.1) is 0 Å². The summed E-state index contributed by atoms with van der Waals surface area (Å²) in [5, 5.41) is 7.53. The molecule has 2 heterocycles. The highest BCUT2D eigenvalue weighted by molar-refractivity contribution is 7.08. The molecule has 4 heteroatoms. The van der Waals surface area contributed by atoms with Crippen molar-refractivity contribution in [1.82, 2.24) is 15.3 Å². The van der Waals surface area contributed by atoms with Gasteiger partial charge in [-0.15, -0.1) is 0 Å². The van der Waals surface area contributed by atoms with Gasteiger partial charge < -0.3 is 5.32 Å². The molecule has 2 rings (SSSR count). The van der Waals surface area contributed by atoms with Crippen LogP contribution < -0.4 is 5.32 Å². The molecule has 3 nitrogen and oxygen atoms in total. The Labute approximate surface area is 106 Å². The van der Waals surface area contributed by atoms with Gasteiger partial charge in [-0.3, -0.25) is 0 Å². The Bertz CT molecular complexity index is 472. The first-order chi connectivity index (χ1) is 8.04. The maximum atomic E-state index is 4.55. The number of nitrogens with zero attached hydrogens (tertiary/aromatic N) is 2. The summed E-state index contributed by atoms with van der Waals surface area (Å²) in [4.78, 5) is 8.85. The summed E-state index contributed by atoms with van der Waals surface area (Å²) in [6, 6.07) is 4.00. The van der Waals surface area contributed by atoms with Gasteiger partial charge in [0.25, 0.3) is 0 Å². The molecule has 0 bridgehead atoms. The smallest absolute Gasteiger partial charge is 0.160 e. The van der Waals surface area contributed by atoms with E-state index >= 15 is 0 Å². The van der Waals surface area contributed by atoms with E-state index in [1.807, 2.05) is 23.7 Å². The lowest BCUT2D eigenvalue weighted by Crippen LogP contribution is -2.35. The zero-order chi connectivity index (χ0) is 12.3. The van der Waals surface area contributed by atoms with Gasteiger partial charge in [0, 0.05) is 29.2 Å².